The minimum Gasteiger partial charge on any atom is -0.330 e. The minimum absolute atomic E-state index is 0.588. The first-order valence-corrected chi connectivity index (χ1v) is 4.82. The number of hydrogen-bond donors (Lipinski definition) is 1. The summed E-state index contributed by atoms with van der Waals surface area (Å²) >= 11 is 0. The van der Waals surface area contributed by atoms with Crippen LogP contribution >= 0.6 is 0 Å². The third-order valence-electron chi connectivity index (χ3n) is 2.18. The standard InChI is InChI=1S/C9H14N6/c1-7-9(6-14(2)12-7)15-5-8(3-4-10)11-13-15/h5-6H,3-4,10H2,1-2H3. The number of aromatic nitrogens is 5. The van der Waals surface area contributed by atoms with Crippen molar-refractivity contribution in [2.75, 3.05) is 6.54 Å². The van der Waals surface area contributed by atoms with Crippen LogP contribution < -0.4 is 5.73 Å². The third-order valence-corrected chi connectivity index (χ3v) is 2.18. The molecule has 0 unspecified atom stereocenters. The van der Waals surface area contributed by atoms with Gasteiger partial charge in [-0.1, -0.05) is 5.21 Å². The van der Waals surface area contributed by atoms with Crippen LogP contribution in [0.1, 0.15) is 11.4 Å². The second-order valence-corrected chi connectivity index (χ2v) is 3.47. The van der Waals surface area contributed by atoms with Crippen molar-refractivity contribution >= 4 is 0 Å². The van der Waals surface area contributed by atoms with Crippen LogP contribution in [0, 0.1) is 6.92 Å². The quantitative estimate of drug-likeness (QED) is 0.755. The summed E-state index contributed by atoms with van der Waals surface area (Å²) in [5, 5.41) is 12.3. The van der Waals surface area contributed by atoms with Crippen molar-refractivity contribution in [1.29, 1.82) is 0 Å². The molecule has 6 nitrogen and oxygen atoms in total. The molecule has 0 aliphatic rings. The van der Waals surface area contributed by atoms with Gasteiger partial charge in [0.25, 0.3) is 0 Å². The number of nitrogens with two attached hydrogens (primary N) is 1. The van der Waals surface area contributed by atoms with Gasteiger partial charge in [0, 0.05) is 13.5 Å². The molecule has 2 N–H and O–H groups in total. The van der Waals surface area contributed by atoms with Crippen LogP contribution in [0.25, 0.3) is 5.69 Å². The van der Waals surface area contributed by atoms with Gasteiger partial charge in [0.05, 0.1) is 23.8 Å². The number of hydrogen-bond acceptors (Lipinski definition) is 4. The van der Waals surface area contributed by atoms with Gasteiger partial charge in [-0.25, -0.2) is 4.68 Å². The number of aryl methyl sites for hydroxylation is 2. The lowest BCUT2D eigenvalue weighted by Gasteiger charge is -1.94. The molecule has 15 heavy (non-hydrogen) atoms. The van der Waals surface area contributed by atoms with E-state index in [2.05, 4.69) is 15.4 Å². The Hall–Kier alpha value is -1.69. The van der Waals surface area contributed by atoms with Gasteiger partial charge in [-0.2, -0.15) is 5.10 Å². The Balaban J connectivity index is 2.32. The number of nitrogens with zero attached hydrogens (tertiary/aromatic N) is 5. The summed E-state index contributed by atoms with van der Waals surface area (Å²) in [7, 11) is 1.88. The molecule has 2 rings (SSSR count). The van der Waals surface area contributed by atoms with E-state index < -0.39 is 0 Å². The molecule has 0 saturated heterocycles. The molecule has 0 aliphatic carbocycles. The van der Waals surface area contributed by atoms with E-state index in [1.807, 2.05) is 26.4 Å². The fourth-order valence-electron chi connectivity index (χ4n) is 1.49. The summed E-state index contributed by atoms with van der Waals surface area (Å²) in [5.74, 6) is 0. The maximum atomic E-state index is 5.45. The molecule has 0 aliphatic heterocycles. The van der Waals surface area contributed by atoms with E-state index in [0.29, 0.717) is 6.54 Å². The van der Waals surface area contributed by atoms with Crippen LogP contribution in [-0.2, 0) is 13.5 Å². The normalized spacial score (nSPS) is 10.9. The maximum Gasteiger partial charge on any atom is 0.107 e. The van der Waals surface area contributed by atoms with Gasteiger partial charge in [-0.15, -0.1) is 5.10 Å². The van der Waals surface area contributed by atoms with Crippen molar-refractivity contribution in [2.24, 2.45) is 12.8 Å². The predicted octanol–water partition coefficient (Wildman–Crippen LogP) is -0.190. The fraction of sp³-hybridized carbons (Fsp3) is 0.444. The third kappa shape index (κ3) is 1.89. The zero-order valence-electron chi connectivity index (χ0n) is 8.88. The van der Waals surface area contributed by atoms with E-state index in [1.165, 1.54) is 0 Å². The fourth-order valence-corrected chi connectivity index (χ4v) is 1.49. The zero-order valence-corrected chi connectivity index (χ0v) is 8.88. The van der Waals surface area contributed by atoms with Crippen molar-refractivity contribution in [3.8, 4) is 5.69 Å². The molecule has 2 aromatic rings. The Labute approximate surface area is 87.7 Å². The van der Waals surface area contributed by atoms with Crippen molar-refractivity contribution in [2.45, 2.75) is 13.3 Å². The van der Waals surface area contributed by atoms with Gasteiger partial charge in [0.15, 0.2) is 0 Å². The Morgan fingerprint density at radius 1 is 1.40 bits per heavy atom. The van der Waals surface area contributed by atoms with Gasteiger partial charge in [-0.3, -0.25) is 4.68 Å². The van der Waals surface area contributed by atoms with Gasteiger partial charge >= 0.3 is 0 Å². The highest BCUT2D eigenvalue weighted by atomic mass is 15.4. The summed E-state index contributed by atoms with van der Waals surface area (Å²) in [4.78, 5) is 0. The molecule has 80 valence electrons. The van der Waals surface area contributed by atoms with Crippen LogP contribution in [0.4, 0.5) is 0 Å². The molecule has 6 heteroatoms. The smallest absolute Gasteiger partial charge is 0.107 e. The first kappa shape index (κ1) is 9.85. The Bertz CT molecular complexity index is 455. The Kier molecular flexibility index (Phi) is 2.51. The highest BCUT2D eigenvalue weighted by Gasteiger charge is 2.07. The lowest BCUT2D eigenvalue weighted by atomic mass is 10.3. The average molecular weight is 206 g/mol. The monoisotopic (exact) mass is 206 g/mol. The van der Waals surface area contributed by atoms with Gasteiger partial charge in [0.1, 0.15) is 5.69 Å². The van der Waals surface area contributed by atoms with E-state index >= 15 is 0 Å². The van der Waals surface area contributed by atoms with Crippen LogP contribution in [0.5, 0.6) is 0 Å². The van der Waals surface area contributed by atoms with E-state index in [0.717, 1.165) is 23.5 Å². The highest BCUT2D eigenvalue weighted by molar-refractivity contribution is 5.32. The summed E-state index contributed by atoms with van der Waals surface area (Å²) in [5.41, 5.74) is 8.24. The van der Waals surface area contributed by atoms with E-state index in [1.54, 1.807) is 9.36 Å². The van der Waals surface area contributed by atoms with E-state index in [4.69, 9.17) is 5.73 Å². The van der Waals surface area contributed by atoms with Crippen molar-refractivity contribution in [1.82, 2.24) is 24.8 Å². The van der Waals surface area contributed by atoms with Gasteiger partial charge < -0.3 is 5.73 Å². The minimum atomic E-state index is 0.588. The van der Waals surface area contributed by atoms with E-state index in [9.17, 15) is 0 Å². The molecule has 0 amide bonds. The van der Waals surface area contributed by atoms with E-state index in [-0.39, 0.29) is 0 Å². The molecule has 0 atom stereocenters. The first-order valence-electron chi connectivity index (χ1n) is 4.82. The topological polar surface area (TPSA) is 74.5 Å². The van der Waals surface area contributed by atoms with Gasteiger partial charge in [-0.05, 0) is 13.5 Å². The summed E-state index contributed by atoms with van der Waals surface area (Å²) < 4.78 is 3.49. The Morgan fingerprint density at radius 3 is 2.80 bits per heavy atom. The molecule has 0 aromatic carbocycles. The number of rotatable bonds is 3. The lowest BCUT2D eigenvalue weighted by Crippen LogP contribution is -2.02. The van der Waals surface area contributed by atoms with Crippen molar-refractivity contribution < 1.29 is 0 Å². The largest absolute Gasteiger partial charge is 0.330 e. The zero-order chi connectivity index (χ0) is 10.8. The molecular formula is C9H14N6. The second kappa shape index (κ2) is 3.82. The molecule has 2 aromatic heterocycles. The first-order chi connectivity index (χ1) is 7.20. The van der Waals surface area contributed by atoms with Crippen LogP contribution in [0.2, 0.25) is 0 Å². The molecule has 2 heterocycles. The summed E-state index contributed by atoms with van der Waals surface area (Å²) in [6.07, 6.45) is 4.55. The Morgan fingerprint density at radius 2 is 2.20 bits per heavy atom. The van der Waals surface area contributed by atoms with Crippen LogP contribution in [-0.4, -0.2) is 31.3 Å². The van der Waals surface area contributed by atoms with Gasteiger partial charge in [0.2, 0.25) is 0 Å². The maximum absolute atomic E-state index is 5.45. The van der Waals surface area contributed by atoms with Crippen molar-refractivity contribution in [3.63, 3.8) is 0 Å². The molecule has 0 radical (unpaired) electrons. The predicted molar refractivity (Wildman–Crippen MR) is 55.6 cm³/mol. The second-order valence-electron chi connectivity index (χ2n) is 3.47. The molecule has 0 saturated carbocycles. The average Bonchev–Trinajstić information content (AvgIpc) is 2.73. The lowest BCUT2D eigenvalue weighted by molar-refractivity contribution is 0.755. The highest BCUT2D eigenvalue weighted by Crippen LogP contribution is 2.10. The van der Waals surface area contributed by atoms with Crippen LogP contribution in [0.3, 0.4) is 0 Å². The molecule has 0 fully saturated rings. The molecular weight excluding hydrogens is 192 g/mol. The molecule has 0 bridgehead atoms. The summed E-state index contributed by atoms with van der Waals surface area (Å²) in [6.45, 7) is 2.53. The SMILES string of the molecule is Cc1nn(C)cc1-n1cc(CCN)nn1. The van der Waals surface area contributed by atoms with Crippen LogP contribution in [0.15, 0.2) is 12.4 Å². The molecule has 0 spiro atoms. The van der Waals surface area contributed by atoms with Crippen molar-refractivity contribution in [3.05, 3.63) is 23.8 Å². The summed E-state index contributed by atoms with van der Waals surface area (Å²) in [6, 6.07) is 0.